The van der Waals surface area contributed by atoms with Crippen LogP contribution >= 0.6 is 10.7 Å². The summed E-state index contributed by atoms with van der Waals surface area (Å²) < 4.78 is 41.7. The SMILES string of the molecule is CCC1CCC(Oc2ccc(S(=O)(=O)Cl)cc2F)CC1. The Balaban J connectivity index is 2.04. The smallest absolute Gasteiger partial charge is 0.261 e. The Labute approximate surface area is 123 Å². The molecule has 0 spiro atoms. The molecule has 0 saturated heterocycles. The summed E-state index contributed by atoms with van der Waals surface area (Å²) in [6.07, 6.45) is 5.18. The molecular weight excluding hydrogens is 303 g/mol. The fraction of sp³-hybridized carbons (Fsp3) is 0.571. The van der Waals surface area contributed by atoms with Crippen molar-refractivity contribution in [1.82, 2.24) is 0 Å². The van der Waals surface area contributed by atoms with Gasteiger partial charge in [0.1, 0.15) is 0 Å². The average molecular weight is 321 g/mol. The molecule has 0 amide bonds. The first-order chi connectivity index (χ1) is 9.40. The van der Waals surface area contributed by atoms with Crippen LogP contribution in [0.3, 0.4) is 0 Å². The van der Waals surface area contributed by atoms with E-state index in [0.29, 0.717) is 0 Å². The van der Waals surface area contributed by atoms with Crippen LogP contribution in [-0.4, -0.2) is 14.5 Å². The fourth-order valence-corrected chi connectivity index (χ4v) is 3.33. The predicted octanol–water partition coefficient (Wildman–Crippen LogP) is 4.10. The molecule has 0 heterocycles. The summed E-state index contributed by atoms with van der Waals surface area (Å²) >= 11 is 0. The van der Waals surface area contributed by atoms with E-state index in [2.05, 4.69) is 6.92 Å². The third kappa shape index (κ3) is 3.85. The summed E-state index contributed by atoms with van der Waals surface area (Å²) in [5, 5.41) is 0. The summed E-state index contributed by atoms with van der Waals surface area (Å²) in [5.74, 6) is 0.141. The number of benzene rings is 1. The molecule has 0 aliphatic heterocycles. The van der Waals surface area contributed by atoms with Gasteiger partial charge in [-0.2, -0.15) is 0 Å². The van der Waals surface area contributed by atoms with Crippen molar-refractivity contribution in [2.24, 2.45) is 5.92 Å². The Hall–Kier alpha value is -0.810. The number of rotatable bonds is 4. The number of halogens is 2. The second kappa shape index (κ2) is 6.31. The van der Waals surface area contributed by atoms with Gasteiger partial charge < -0.3 is 4.74 Å². The van der Waals surface area contributed by atoms with Gasteiger partial charge in [-0.15, -0.1) is 0 Å². The van der Waals surface area contributed by atoms with Gasteiger partial charge in [-0.25, -0.2) is 12.8 Å². The molecule has 0 radical (unpaired) electrons. The fourth-order valence-electron chi connectivity index (χ4n) is 2.57. The number of hydrogen-bond acceptors (Lipinski definition) is 3. The van der Waals surface area contributed by atoms with Crippen molar-refractivity contribution in [3.8, 4) is 5.75 Å². The summed E-state index contributed by atoms with van der Waals surface area (Å²) in [7, 11) is 1.26. The second-order valence-corrected chi connectivity index (χ2v) is 7.76. The van der Waals surface area contributed by atoms with Gasteiger partial charge in [-0.3, -0.25) is 0 Å². The van der Waals surface area contributed by atoms with Crippen LogP contribution < -0.4 is 4.74 Å². The zero-order valence-electron chi connectivity index (χ0n) is 11.3. The van der Waals surface area contributed by atoms with E-state index >= 15 is 0 Å². The van der Waals surface area contributed by atoms with Crippen LogP contribution in [0.4, 0.5) is 4.39 Å². The summed E-state index contributed by atoms with van der Waals surface area (Å²) in [6, 6.07) is 3.49. The first kappa shape index (κ1) is 15.6. The first-order valence-electron chi connectivity index (χ1n) is 6.81. The molecule has 0 N–H and O–H groups in total. The third-order valence-electron chi connectivity index (χ3n) is 3.85. The lowest BCUT2D eigenvalue weighted by Gasteiger charge is -2.28. The Morgan fingerprint density at radius 3 is 2.45 bits per heavy atom. The van der Waals surface area contributed by atoms with Crippen molar-refractivity contribution in [2.45, 2.75) is 50.0 Å². The molecule has 1 aromatic rings. The molecule has 0 unspecified atom stereocenters. The van der Waals surface area contributed by atoms with Gasteiger partial charge in [0.2, 0.25) is 0 Å². The third-order valence-corrected chi connectivity index (χ3v) is 5.20. The van der Waals surface area contributed by atoms with Crippen LogP contribution in [0.1, 0.15) is 39.0 Å². The predicted molar refractivity (Wildman–Crippen MR) is 76.1 cm³/mol. The second-order valence-electron chi connectivity index (χ2n) is 5.20. The largest absolute Gasteiger partial charge is 0.487 e. The Morgan fingerprint density at radius 2 is 1.95 bits per heavy atom. The highest BCUT2D eigenvalue weighted by Crippen LogP contribution is 2.31. The lowest BCUT2D eigenvalue weighted by Crippen LogP contribution is -2.24. The molecule has 0 bridgehead atoms. The molecule has 1 saturated carbocycles. The minimum absolute atomic E-state index is 0.00533. The van der Waals surface area contributed by atoms with Gasteiger partial charge in [-0.05, 0) is 49.8 Å². The molecule has 0 atom stereocenters. The molecule has 1 fully saturated rings. The Bertz CT molecular complexity index is 566. The van der Waals surface area contributed by atoms with E-state index in [9.17, 15) is 12.8 Å². The molecule has 1 aliphatic rings. The first-order valence-corrected chi connectivity index (χ1v) is 9.12. The summed E-state index contributed by atoms with van der Waals surface area (Å²) in [4.78, 5) is -0.251. The van der Waals surface area contributed by atoms with Crippen molar-refractivity contribution in [1.29, 1.82) is 0 Å². The van der Waals surface area contributed by atoms with Gasteiger partial charge in [0.15, 0.2) is 11.6 Å². The highest BCUT2D eigenvalue weighted by atomic mass is 35.7. The summed E-state index contributed by atoms with van der Waals surface area (Å²) in [5.41, 5.74) is 0. The topological polar surface area (TPSA) is 43.4 Å². The van der Waals surface area contributed by atoms with Crippen LogP contribution in [0.25, 0.3) is 0 Å². The zero-order valence-corrected chi connectivity index (χ0v) is 12.9. The molecule has 6 heteroatoms. The standard InChI is InChI=1S/C14H18ClFO3S/c1-2-10-3-5-11(6-4-10)19-14-8-7-12(9-13(14)16)20(15,17)18/h7-11H,2-6H2,1H3. The molecule has 1 aliphatic carbocycles. The van der Waals surface area contributed by atoms with Gasteiger partial charge in [0.05, 0.1) is 11.0 Å². The van der Waals surface area contributed by atoms with Crippen molar-refractivity contribution in [3.05, 3.63) is 24.0 Å². The molecule has 112 valence electrons. The monoisotopic (exact) mass is 320 g/mol. The Morgan fingerprint density at radius 1 is 1.30 bits per heavy atom. The van der Waals surface area contributed by atoms with Crippen LogP contribution in [0.2, 0.25) is 0 Å². The van der Waals surface area contributed by atoms with E-state index < -0.39 is 14.9 Å². The van der Waals surface area contributed by atoms with Gasteiger partial charge in [0, 0.05) is 10.7 Å². The maximum Gasteiger partial charge on any atom is 0.261 e. The Kier molecular flexibility index (Phi) is 4.91. The van der Waals surface area contributed by atoms with Crippen LogP contribution in [0.5, 0.6) is 5.75 Å². The van der Waals surface area contributed by atoms with Crippen molar-refractivity contribution < 1.29 is 17.5 Å². The van der Waals surface area contributed by atoms with Crippen LogP contribution in [-0.2, 0) is 9.05 Å². The highest BCUT2D eigenvalue weighted by Gasteiger charge is 2.22. The van der Waals surface area contributed by atoms with Crippen LogP contribution in [0.15, 0.2) is 23.1 Å². The number of ether oxygens (including phenoxy) is 1. The molecule has 1 aromatic carbocycles. The maximum atomic E-state index is 13.8. The van der Waals surface area contributed by atoms with Gasteiger partial charge in [0.25, 0.3) is 9.05 Å². The van der Waals surface area contributed by atoms with E-state index in [-0.39, 0.29) is 16.7 Å². The average Bonchev–Trinajstić information content (AvgIpc) is 2.41. The molecular formula is C14H18ClFO3S. The lowest BCUT2D eigenvalue weighted by atomic mass is 9.86. The van der Waals surface area contributed by atoms with Crippen molar-refractivity contribution in [3.63, 3.8) is 0 Å². The highest BCUT2D eigenvalue weighted by molar-refractivity contribution is 8.13. The van der Waals surface area contributed by atoms with Gasteiger partial charge in [-0.1, -0.05) is 13.3 Å². The quantitative estimate of drug-likeness (QED) is 0.784. The van der Waals surface area contributed by atoms with E-state index in [0.717, 1.165) is 37.7 Å². The zero-order chi connectivity index (χ0) is 14.8. The summed E-state index contributed by atoms with van der Waals surface area (Å²) in [6.45, 7) is 2.18. The van der Waals surface area contributed by atoms with Crippen LogP contribution in [0, 0.1) is 11.7 Å². The lowest BCUT2D eigenvalue weighted by molar-refractivity contribution is 0.125. The van der Waals surface area contributed by atoms with Crippen molar-refractivity contribution in [2.75, 3.05) is 0 Å². The maximum absolute atomic E-state index is 13.8. The van der Waals surface area contributed by atoms with Crippen molar-refractivity contribution >= 4 is 19.7 Å². The minimum Gasteiger partial charge on any atom is -0.487 e. The normalized spacial score (nSPS) is 23.6. The van der Waals surface area contributed by atoms with E-state index in [4.69, 9.17) is 15.4 Å². The van der Waals surface area contributed by atoms with E-state index in [1.807, 2.05) is 0 Å². The van der Waals surface area contributed by atoms with E-state index in [1.54, 1.807) is 0 Å². The van der Waals surface area contributed by atoms with E-state index in [1.165, 1.54) is 18.6 Å². The molecule has 2 rings (SSSR count). The molecule has 20 heavy (non-hydrogen) atoms. The number of hydrogen-bond donors (Lipinski definition) is 0. The minimum atomic E-state index is -3.91. The van der Waals surface area contributed by atoms with Gasteiger partial charge >= 0.3 is 0 Å². The molecule has 0 aromatic heterocycles. The molecule has 3 nitrogen and oxygen atoms in total.